The number of halogens is 2. The lowest BCUT2D eigenvalue weighted by atomic mass is 10.0. The first kappa shape index (κ1) is 22.5. The standard InChI is InChI=1S/C24H23F2N7O3/c1-10-17(21(34)23(36)30-24(4-5-24)16-9-28-32-31-16)15-8-12-7-14(12)33(15)20(10)22(35)29-13-3-6-27-19(11(2)25)18(13)26/h3,6,9,11-12,14H,4-5,7-8H2,1-2H3,(H,30,36)(H,27,29,35)(H,28,31,32)/t11?,12-,14-/m1/s1. The van der Waals surface area contributed by atoms with Gasteiger partial charge in [0, 0.05) is 24.1 Å². The summed E-state index contributed by atoms with van der Waals surface area (Å²) < 4.78 is 30.3. The zero-order chi connectivity index (χ0) is 25.4. The van der Waals surface area contributed by atoms with E-state index < -0.39 is 40.8 Å². The number of alkyl halides is 1. The Hall–Kier alpha value is -3.96. The van der Waals surface area contributed by atoms with Crippen LogP contribution in [0.3, 0.4) is 0 Å². The van der Waals surface area contributed by atoms with Crippen molar-refractivity contribution in [1.29, 1.82) is 0 Å². The Labute approximate surface area is 203 Å². The van der Waals surface area contributed by atoms with E-state index in [1.165, 1.54) is 12.3 Å². The van der Waals surface area contributed by atoms with Gasteiger partial charge in [-0.3, -0.25) is 24.5 Å². The minimum absolute atomic E-state index is 0.0534. The highest BCUT2D eigenvalue weighted by Gasteiger charge is 2.52. The van der Waals surface area contributed by atoms with Crippen molar-refractivity contribution in [2.24, 2.45) is 5.92 Å². The molecule has 4 heterocycles. The van der Waals surface area contributed by atoms with Crippen molar-refractivity contribution < 1.29 is 23.2 Å². The Balaban J connectivity index is 1.32. The summed E-state index contributed by atoms with van der Waals surface area (Å²) in [6, 6.07) is 1.30. The molecular formula is C24H23F2N7O3. The minimum atomic E-state index is -1.65. The highest BCUT2D eigenvalue weighted by atomic mass is 19.1. The second-order valence-corrected chi connectivity index (χ2v) is 9.78. The number of aromatic nitrogens is 5. The van der Waals surface area contributed by atoms with Gasteiger partial charge in [0.05, 0.1) is 16.8 Å². The lowest BCUT2D eigenvalue weighted by Crippen LogP contribution is -2.40. The third kappa shape index (κ3) is 3.34. The van der Waals surface area contributed by atoms with Crippen LogP contribution in [-0.2, 0) is 16.8 Å². The molecule has 6 rings (SSSR count). The largest absolute Gasteiger partial charge is 0.338 e. The first-order chi connectivity index (χ1) is 17.2. The lowest BCUT2D eigenvalue weighted by Gasteiger charge is -2.14. The number of ketones is 1. The molecule has 2 fully saturated rings. The lowest BCUT2D eigenvalue weighted by molar-refractivity contribution is -0.118. The summed E-state index contributed by atoms with van der Waals surface area (Å²) in [4.78, 5) is 43.5. The predicted octanol–water partition coefficient (Wildman–Crippen LogP) is 2.84. The molecule has 3 N–H and O–H groups in total. The van der Waals surface area contributed by atoms with E-state index in [1.807, 2.05) is 0 Å². The highest BCUT2D eigenvalue weighted by molar-refractivity contribution is 6.44. The average molecular weight is 495 g/mol. The number of hydrogen-bond donors (Lipinski definition) is 3. The molecule has 0 radical (unpaired) electrons. The van der Waals surface area contributed by atoms with Crippen molar-refractivity contribution >= 4 is 23.3 Å². The molecule has 12 heteroatoms. The molecule has 0 saturated heterocycles. The normalized spacial score (nSPS) is 21.3. The molecule has 2 aliphatic carbocycles. The Bertz CT molecular complexity index is 1430. The fourth-order valence-corrected chi connectivity index (χ4v) is 5.34. The zero-order valence-corrected chi connectivity index (χ0v) is 19.6. The summed E-state index contributed by atoms with van der Waals surface area (Å²) in [5.74, 6) is -2.79. The van der Waals surface area contributed by atoms with E-state index in [2.05, 4.69) is 31.0 Å². The highest BCUT2D eigenvalue weighted by Crippen LogP contribution is 2.54. The zero-order valence-electron chi connectivity index (χ0n) is 19.6. The van der Waals surface area contributed by atoms with Crippen LogP contribution in [0.1, 0.15) is 81.9 Å². The molecule has 0 aromatic carbocycles. The van der Waals surface area contributed by atoms with Crippen LogP contribution in [0.15, 0.2) is 18.5 Å². The van der Waals surface area contributed by atoms with E-state index in [4.69, 9.17) is 0 Å². The number of hydrogen-bond acceptors (Lipinski definition) is 6. The van der Waals surface area contributed by atoms with Gasteiger partial charge < -0.3 is 15.2 Å². The van der Waals surface area contributed by atoms with Crippen molar-refractivity contribution in [2.45, 2.75) is 57.3 Å². The van der Waals surface area contributed by atoms with E-state index >= 15 is 0 Å². The second-order valence-electron chi connectivity index (χ2n) is 9.78. The van der Waals surface area contributed by atoms with Gasteiger partial charge in [-0.05, 0) is 57.1 Å². The molecule has 3 aromatic heterocycles. The molecule has 0 spiro atoms. The minimum Gasteiger partial charge on any atom is -0.338 e. The van der Waals surface area contributed by atoms with Crippen molar-refractivity contribution in [3.63, 3.8) is 0 Å². The summed E-state index contributed by atoms with van der Waals surface area (Å²) in [5.41, 5.74) is 0.633. The van der Waals surface area contributed by atoms with Crippen LogP contribution < -0.4 is 10.6 Å². The molecule has 36 heavy (non-hydrogen) atoms. The number of amides is 2. The molecule has 3 aliphatic rings. The molecule has 0 bridgehead atoms. The van der Waals surface area contributed by atoms with Gasteiger partial charge in [-0.2, -0.15) is 0 Å². The number of anilines is 1. The first-order valence-electron chi connectivity index (χ1n) is 11.8. The summed E-state index contributed by atoms with van der Waals surface area (Å²) in [6.07, 6.45) is 3.88. The van der Waals surface area contributed by atoms with Gasteiger partial charge in [-0.25, -0.2) is 8.78 Å². The number of H-pyrrole nitrogens is 1. The third-order valence-electron chi connectivity index (χ3n) is 7.42. The number of carbonyl (C=O) groups excluding carboxylic acids is 3. The quantitative estimate of drug-likeness (QED) is 0.341. The molecule has 2 saturated carbocycles. The smallest absolute Gasteiger partial charge is 0.293 e. The van der Waals surface area contributed by atoms with Crippen molar-refractivity contribution in [3.8, 4) is 0 Å². The van der Waals surface area contributed by atoms with Crippen LogP contribution in [-0.4, -0.2) is 42.6 Å². The third-order valence-corrected chi connectivity index (χ3v) is 7.42. The van der Waals surface area contributed by atoms with E-state index in [0.717, 1.165) is 13.3 Å². The van der Waals surface area contributed by atoms with Crippen LogP contribution in [0.5, 0.6) is 0 Å². The molecular weight excluding hydrogens is 472 g/mol. The second kappa shape index (κ2) is 7.77. The maximum absolute atomic E-state index is 14.7. The average Bonchev–Trinajstić information content (AvgIpc) is 3.62. The van der Waals surface area contributed by atoms with E-state index in [1.54, 1.807) is 17.7 Å². The topological polar surface area (TPSA) is 135 Å². The number of fused-ring (bicyclic) bond motifs is 3. The van der Waals surface area contributed by atoms with Gasteiger partial charge in [0.1, 0.15) is 23.3 Å². The van der Waals surface area contributed by atoms with Crippen molar-refractivity contribution in [1.82, 2.24) is 30.3 Å². The monoisotopic (exact) mass is 495 g/mol. The number of nitrogens with zero attached hydrogens (tertiary/aromatic N) is 4. The van der Waals surface area contributed by atoms with E-state index in [0.29, 0.717) is 42.1 Å². The summed E-state index contributed by atoms with van der Waals surface area (Å²) >= 11 is 0. The number of nitrogens with one attached hydrogen (secondary N) is 3. The van der Waals surface area contributed by atoms with Crippen molar-refractivity contribution in [2.75, 3.05) is 5.32 Å². The molecule has 2 amide bonds. The summed E-state index contributed by atoms with van der Waals surface area (Å²) in [5, 5.41) is 15.6. The molecule has 3 aromatic rings. The number of carbonyl (C=O) groups is 3. The maximum Gasteiger partial charge on any atom is 0.293 e. The molecule has 186 valence electrons. The SMILES string of the molecule is Cc1c(C(=O)C(=O)NC2(c3c[nH]nn3)CC2)c2n(c1C(=O)Nc1ccnc(C(C)F)c1F)[C@@H]1C[C@@H]1C2. The fraction of sp³-hybridized carbons (Fsp3) is 0.417. The summed E-state index contributed by atoms with van der Waals surface area (Å²) in [7, 11) is 0. The number of pyridine rings is 1. The summed E-state index contributed by atoms with van der Waals surface area (Å²) in [6.45, 7) is 2.77. The first-order valence-corrected chi connectivity index (χ1v) is 11.8. The Kier molecular flexibility index (Phi) is 4.86. The van der Waals surface area contributed by atoms with E-state index in [-0.39, 0.29) is 23.0 Å². The van der Waals surface area contributed by atoms with Gasteiger partial charge in [0.2, 0.25) is 0 Å². The molecule has 10 nitrogen and oxygen atoms in total. The maximum atomic E-state index is 14.7. The van der Waals surface area contributed by atoms with Gasteiger partial charge in [0.25, 0.3) is 17.6 Å². The Morgan fingerprint density at radius 1 is 1.31 bits per heavy atom. The van der Waals surface area contributed by atoms with Gasteiger partial charge in [-0.1, -0.05) is 5.21 Å². The molecule has 3 atom stereocenters. The van der Waals surface area contributed by atoms with Crippen LogP contribution in [0.25, 0.3) is 0 Å². The van der Waals surface area contributed by atoms with Crippen LogP contribution >= 0.6 is 0 Å². The number of rotatable bonds is 7. The Morgan fingerprint density at radius 3 is 2.75 bits per heavy atom. The van der Waals surface area contributed by atoms with Crippen molar-refractivity contribution in [3.05, 3.63) is 58.2 Å². The van der Waals surface area contributed by atoms with Crippen LogP contribution in [0.4, 0.5) is 14.5 Å². The molecule has 1 unspecified atom stereocenters. The van der Waals surface area contributed by atoms with Gasteiger partial charge in [0.15, 0.2) is 5.82 Å². The number of aromatic amines is 1. The fourth-order valence-electron chi connectivity index (χ4n) is 5.34. The Morgan fingerprint density at radius 2 is 2.08 bits per heavy atom. The predicted molar refractivity (Wildman–Crippen MR) is 121 cm³/mol. The van der Waals surface area contributed by atoms with Gasteiger partial charge in [-0.15, -0.1) is 5.10 Å². The van der Waals surface area contributed by atoms with Crippen LogP contribution in [0, 0.1) is 18.7 Å². The van der Waals surface area contributed by atoms with E-state index in [9.17, 15) is 23.2 Å². The number of Topliss-reactive ketones (excluding diaryl/α,β-unsaturated/α-hetero) is 1. The van der Waals surface area contributed by atoms with Gasteiger partial charge >= 0.3 is 0 Å². The van der Waals surface area contributed by atoms with Crippen LogP contribution in [0.2, 0.25) is 0 Å². The molecule has 1 aliphatic heterocycles.